The number of amides is 2. The minimum absolute atomic E-state index is 0.0992. The Labute approximate surface area is 173 Å². The highest BCUT2D eigenvalue weighted by atomic mass is 32.2. The van der Waals surface area contributed by atoms with Gasteiger partial charge in [0.15, 0.2) is 11.0 Å². The van der Waals surface area contributed by atoms with Crippen molar-refractivity contribution in [2.75, 3.05) is 16.3 Å². The summed E-state index contributed by atoms with van der Waals surface area (Å²) < 4.78 is 5.64. The van der Waals surface area contributed by atoms with Crippen LogP contribution in [0.25, 0.3) is 0 Å². The number of thioether (sulfide) groups is 1. The lowest BCUT2D eigenvalue weighted by Gasteiger charge is -2.31. The number of hydrogen-bond donors (Lipinski definition) is 0. The molecule has 2 unspecified atom stereocenters. The van der Waals surface area contributed by atoms with Gasteiger partial charge in [-0.25, -0.2) is 4.79 Å². The lowest BCUT2D eigenvalue weighted by Crippen LogP contribution is -2.50. The third-order valence-electron chi connectivity index (χ3n) is 5.27. The van der Waals surface area contributed by atoms with E-state index in [0.29, 0.717) is 13.0 Å². The number of carbonyl (C=O) groups is 3. The number of nitrogens with zero attached hydrogens (tertiary/aromatic N) is 2. The average molecular weight is 410 g/mol. The van der Waals surface area contributed by atoms with E-state index in [1.165, 1.54) is 11.8 Å². The normalized spacial score (nSPS) is 20.8. The summed E-state index contributed by atoms with van der Waals surface area (Å²) in [6, 6.07) is 16.7. The minimum atomic E-state index is -1.13. The Kier molecular flexibility index (Phi) is 5.08. The van der Waals surface area contributed by atoms with Gasteiger partial charge in [-0.15, -0.1) is 0 Å². The standard InChI is InChI=1S/C22H22N2O4S/c1-3-23(16-9-5-4-6-10-16)20(26)15(2)28-21(27)22-14-13-19(25)24(22)17-11-7-8-12-18(17)29-22/h4-12,15H,3,13-14H2,1-2H3. The maximum atomic E-state index is 13.2. The molecule has 2 aliphatic rings. The maximum absolute atomic E-state index is 13.2. The van der Waals surface area contributed by atoms with Crippen LogP contribution >= 0.6 is 11.8 Å². The lowest BCUT2D eigenvalue weighted by molar-refractivity contribution is -0.156. The van der Waals surface area contributed by atoms with Crippen LogP contribution in [0, 0.1) is 0 Å². The molecular weight excluding hydrogens is 388 g/mol. The summed E-state index contributed by atoms with van der Waals surface area (Å²) in [7, 11) is 0. The Hall–Kier alpha value is -2.80. The Bertz CT molecular complexity index is 964. The van der Waals surface area contributed by atoms with E-state index >= 15 is 0 Å². The zero-order valence-electron chi connectivity index (χ0n) is 16.3. The van der Waals surface area contributed by atoms with Crippen molar-refractivity contribution in [1.29, 1.82) is 0 Å². The third kappa shape index (κ3) is 3.19. The van der Waals surface area contributed by atoms with Crippen molar-refractivity contribution in [3.63, 3.8) is 0 Å². The van der Waals surface area contributed by atoms with Crippen molar-refractivity contribution in [2.45, 2.75) is 42.6 Å². The van der Waals surface area contributed by atoms with Gasteiger partial charge in [0.05, 0.1) is 5.69 Å². The Morgan fingerprint density at radius 2 is 1.86 bits per heavy atom. The van der Waals surface area contributed by atoms with E-state index in [4.69, 9.17) is 4.74 Å². The maximum Gasteiger partial charge on any atom is 0.344 e. The van der Waals surface area contributed by atoms with Gasteiger partial charge in [0.2, 0.25) is 5.91 Å². The average Bonchev–Trinajstić information content (AvgIpc) is 3.25. The second-order valence-corrected chi connectivity index (χ2v) is 8.37. The number of benzene rings is 2. The highest BCUT2D eigenvalue weighted by Crippen LogP contribution is 2.56. The Balaban J connectivity index is 1.55. The van der Waals surface area contributed by atoms with Crippen molar-refractivity contribution >= 4 is 40.9 Å². The van der Waals surface area contributed by atoms with Crippen LogP contribution in [0.1, 0.15) is 26.7 Å². The van der Waals surface area contributed by atoms with Crippen LogP contribution in [0.2, 0.25) is 0 Å². The van der Waals surface area contributed by atoms with Crippen LogP contribution < -0.4 is 9.80 Å². The molecule has 0 N–H and O–H groups in total. The van der Waals surface area contributed by atoms with Gasteiger partial charge in [-0.2, -0.15) is 0 Å². The van der Waals surface area contributed by atoms with E-state index in [1.807, 2.05) is 61.5 Å². The van der Waals surface area contributed by atoms with Crippen molar-refractivity contribution in [1.82, 2.24) is 0 Å². The van der Waals surface area contributed by atoms with Crippen LogP contribution in [0.4, 0.5) is 11.4 Å². The van der Waals surface area contributed by atoms with Gasteiger partial charge in [0.25, 0.3) is 5.91 Å². The first kappa shape index (κ1) is 19.5. The topological polar surface area (TPSA) is 66.9 Å². The SMILES string of the molecule is CCN(C(=O)C(C)OC(=O)C12CCC(=O)N1c1ccccc1S2)c1ccccc1. The van der Waals surface area contributed by atoms with Gasteiger partial charge in [0, 0.05) is 30.0 Å². The zero-order chi connectivity index (χ0) is 20.6. The molecule has 6 nitrogen and oxygen atoms in total. The minimum Gasteiger partial charge on any atom is -0.450 e. The molecule has 4 rings (SSSR count). The second kappa shape index (κ2) is 7.55. The number of rotatable bonds is 5. The molecule has 2 aliphatic heterocycles. The molecular formula is C22H22N2O4S. The predicted molar refractivity (Wildman–Crippen MR) is 112 cm³/mol. The molecule has 0 radical (unpaired) electrons. The van der Waals surface area contributed by atoms with Gasteiger partial charge < -0.3 is 9.64 Å². The Morgan fingerprint density at radius 3 is 2.59 bits per heavy atom. The first-order valence-corrected chi connectivity index (χ1v) is 10.5. The molecule has 2 aromatic carbocycles. The summed E-state index contributed by atoms with van der Waals surface area (Å²) in [6.45, 7) is 3.91. The number of fused-ring (bicyclic) bond motifs is 3. The van der Waals surface area contributed by atoms with E-state index in [9.17, 15) is 14.4 Å². The molecule has 2 heterocycles. The van der Waals surface area contributed by atoms with Gasteiger partial charge in [-0.3, -0.25) is 14.5 Å². The highest BCUT2D eigenvalue weighted by molar-refractivity contribution is 8.02. The number of anilines is 2. The molecule has 150 valence electrons. The number of ether oxygens (including phenoxy) is 1. The summed E-state index contributed by atoms with van der Waals surface area (Å²) in [6.07, 6.45) is -0.316. The number of carbonyl (C=O) groups excluding carboxylic acids is 3. The van der Waals surface area contributed by atoms with E-state index in [2.05, 4.69) is 0 Å². The van der Waals surface area contributed by atoms with Crippen molar-refractivity contribution in [3.05, 3.63) is 54.6 Å². The van der Waals surface area contributed by atoms with Crippen LogP contribution in [0.15, 0.2) is 59.5 Å². The second-order valence-electron chi connectivity index (χ2n) is 7.05. The van der Waals surface area contributed by atoms with E-state index in [-0.39, 0.29) is 18.2 Å². The van der Waals surface area contributed by atoms with Gasteiger partial charge in [-0.1, -0.05) is 42.1 Å². The fourth-order valence-electron chi connectivity index (χ4n) is 3.87. The summed E-state index contributed by atoms with van der Waals surface area (Å²) in [5.41, 5.74) is 1.48. The predicted octanol–water partition coefficient (Wildman–Crippen LogP) is 3.60. The van der Waals surface area contributed by atoms with Crippen LogP contribution in [-0.4, -0.2) is 35.3 Å². The number of para-hydroxylation sites is 2. The summed E-state index contributed by atoms with van der Waals surface area (Å²) >= 11 is 1.34. The molecule has 0 bridgehead atoms. The van der Waals surface area contributed by atoms with Crippen LogP contribution in [0.3, 0.4) is 0 Å². The fourth-order valence-corrected chi connectivity index (χ4v) is 5.27. The number of esters is 1. The molecule has 2 atom stereocenters. The molecule has 0 aromatic heterocycles. The van der Waals surface area contributed by atoms with Gasteiger partial charge >= 0.3 is 5.97 Å². The third-order valence-corrected chi connectivity index (χ3v) is 6.73. The fraction of sp³-hybridized carbons (Fsp3) is 0.318. The smallest absolute Gasteiger partial charge is 0.344 e. The molecule has 0 spiro atoms. The number of likely N-dealkylation sites (N-methyl/N-ethyl adjacent to an activating group) is 1. The quantitative estimate of drug-likeness (QED) is 0.705. The van der Waals surface area contributed by atoms with Crippen LogP contribution in [-0.2, 0) is 19.1 Å². The molecule has 2 aromatic rings. The molecule has 0 aliphatic carbocycles. The summed E-state index contributed by atoms with van der Waals surface area (Å²) in [5, 5.41) is 0. The van der Waals surface area contributed by atoms with E-state index < -0.39 is 16.9 Å². The first-order valence-electron chi connectivity index (χ1n) is 9.66. The molecule has 1 saturated heterocycles. The summed E-state index contributed by atoms with van der Waals surface area (Å²) in [5.74, 6) is -0.938. The van der Waals surface area contributed by atoms with Gasteiger partial charge in [-0.05, 0) is 38.1 Å². The summed E-state index contributed by atoms with van der Waals surface area (Å²) in [4.78, 5) is 41.6. The van der Waals surface area contributed by atoms with E-state index in [0.717, 1.165) is 16.3 Å². The van der Waals surface area contributed by atoms with Crippen LogP contribution in [0.5, 0.6) is 0 Å². The van der Waals surface area contributed by atoms with E-state index in [1.54, 1.807) is 16.7 Å². The van der Waals surface area contributed by atoms with Crippen molar-refractivity contribution in [3.8, 4) is 0 Å². The monoisotopic (exact) mass is 410 g/mol. The lowest BCUT2D eigenvalue weighted by atomic mass is 10.2. The highest BCUT2D eigenvalue weighted by Gasteiger charge is 2.59. The molecule has 7 heteroatoms. The largest absolute Gasteiger partial charge is 0.450 e. The molecule has 29 heavy (non-hydrogen) atoms. The number of hydrogen-bond acceptors (Lipinski definition) is 5. The molecule has 0 saturated carbocycles. The first-order chi connectivity index (χ1) is 14.0. The van der Waals surface area contributed by atoms with Gasteiger partial charge in [0.1, 0.15) is 0 Å². The van der Waals surface area contributed by atoms with Crippen molar-refractivity contribution in [2.24, 2.45) is 0 Å². The molecule has 1 fully saturated rings. The zero-order valence-corrected chi connectivity index (χ0v) is 17.1. The molecule has 2 amide bonds. The van der Waals surface area contributed by atoms with Crippen molar-refractivity contribution < 1.29 is 19.1 Å². The Morgan fingerprint density at radius 1 is 1.17 bits per heavy atom.